The minimum atomic E-state index is 0.664. The SMILES string of the molecule is COc1ccc(/C=N/Nc2nc(-c3ccc(-c4ccccc4)cc3)cs2)cc1OC. The van der Waals surface area contributed by atoms with Crippen molar-refractivity contribution >= 4 is 22.7 Å². The first-order valence-electron chi connectivity index (χ1n) is 9.39. The lowest BCUT2D eigenvalue weighted by Crippen LogP contribution is -1.94. The number of methoxy groups -OCH3 is 2. The van der Waals surface area contributed by atoms with Gasteiger partial charge in [0.25, 0.3) is 0 Å². The van der Waals surface area contributed by atoms with Crippen LogP contribution in [0.4, 0.5) is 5.13 Å². The number of nitrogens with zero attached hydrogens (tertiary/aromatic N) is 2. The highest BCUT2D eigenvalue weighted by Gasteiger charge is 2.06. The summed E-state index contributed by atoms with van der Waals surface area (Å²) in [5.41, 5.74) is 8.27. The average Bonchev–Trinajstić information content (AvgIpc) is 3.28. The number of anilines is 1. The van der Waals surface area contributed by atoms with Gasteiger partial charge in [-0.1, -0.05) is 54.6 Å². The third-order valence-electron chi connectivity index (χ3n) is 4.57. The number of benzene rings is 3. The van der Waals surface area contributed by atoms with E-state index in [4.69, 9.17) is 9.47 Å². The van der Waals surface area contributed by atoms with Gasteiger partial charge in [0.2, 0.25) is 5.13 Å². The van der Waals surface area contributed by atoms with E-state index in [1.165, 1.54) is 22.5 Å². The molecule has 0 aliphatic carbocycles. The van der Waals surface area contributed by atoms with Crippen LogP contribution in [0.25, 0.3) is 22.4 Å². The van der Waals surface area contributed by atoms with E-state index in [2.05, 4.69) is 51.9 Å². The quantitative estimate of drug-likeness (QED) is 0.300. The van der Waals surface area contributed by atoms with Crippen LogP contribution in [0.5, 0.6) is 11.5 Å². The second kappa shape index (κ2) is 9.24. The van der Waals surface area contributed by atoms with Crippen molar-refractivity contribution in [2.45, 2.75) is 0 Å². The summed E-state index contributed by atoms with van der Waals surface area (Å²) in [6, 6.07) is 24.4. The van der Waals surface area contributed by atoms with E-state index in [9.17, 15) is 0 Å². The molecule has 0 fully saturated rings. The number of ether oxygens (including phenoxy) is 2. The fourth-order valence-corrected chi connectivity index (χ4v) is 3.69. The molecule has 0 aliphatic rings. The molecule has 0 saturated heterocycles. The van der Waals surface area contributed by atoms with Gasteiger partial charge in [-0.3, -0.25) is 5.43 Å². The molecule has 0 amide bonds. The molecule has 0 spiro atoms. The molecule has 4 rings (SSSR count). The number of rotatable bonds is 7. The summed E-state index contributed by atoms with van der Waals surface area (Å²) in [5, 5.41) is 7.03. The zero-order valence-corrected chi connectivity index (χ0v) is 17.5. The molecule has 30 heavy (non-hydrogen) atoms. The highest BCUT2D eigenvalue weighted by Crippen LogP contribution is 2.28. The second-order valence-corrected chi connectivity index (χ2v) is 7.32. The van der Waals surface area contributed by atoms with E-state index in [1.807, 2.05) is 41.8 Å². The summed E-state index contributed by atoms with van der Waals surface area (Å²) < 4.78 is 10.6. The van der Waals surface area contributed by atoms with Crippen LogP contribution < -0.4 is 14.9 Å². The number of hydrogen-bond acceptors (Lipinski definition) is 6. The predicted octanol–water partition coefficient (Wildman–Crippen LogP) is 5.94. The van der Waals surface area contributed by atoms with E-state index in [-0.39, 0.29) is 0 Å². The predicted molar refractivity (Wildman–Crippen MR) is 124 cm³/mol. The fourth-order valence-electron chi connectivity index (χ4n) is 3.02. The molecule has 0 aliphatic heterocycles. The van der Waals surface area contributed by atoms with Crippen molar-refractivity contribution in [3.8, 4) is 33.9 Å². The maximum Gasteiger partial charge on any atom is 0.203 e. The Morgan fingerprint density at radius 1 is 0.833 bits per heavy atom. The van der Waals surface area contributed by atoms with Gasteiger partial charge in [0.15, 0.2) is 11.5 Å². The van der Waals surface area contributed by atoms with Crippen molar-refractivity contribution in [2.75, 3.05) is 19.6 Å². The third kappa shape index (κ3) is 4.50. The standard InChI is InChI=1S/C24H21N3O2S/c1-28-22-13-8-17(14-23(22)29-2)15-25-27-24-26-21(16-30-24)20-11-9-19(10-12-20)18-6-4-3-5-7-18/h3-16H,1-2H3,(H,26,27)/b25-15+. The van der Waals surface area contributed by atoms with E-state index < -0.39 is 0 Å². The zero-order valence-electron chi connectivity index (χ0n) is 16.7. The van der Waals surface area contributed by atoms with Gasteiger partial charge in [-0.15, -0.1) is 11.3 Å². The van der Waals surface area contributed by atoms with Crippen LogP contribution in [-0.4, -0.2) is 25.4 Å². The maximum atomic E-state index is 5.31. The molecular formula is C24H21N3O2S. The monoisotopic (exact) mass is 415 g/mol. The van der Waals surface area contributed by atoms with Crippen molar-refractivity contribution < 1.29 is 9.47 Å². The molecule has 3 aromatic carbocycles. The van der Waals surface area contributed by atoms with Gasteiger partial charge in [-0.05, 0) is 34.9 Å². The Morgan fingerprint density at radius 3 is 2.27 bits per heavy atom. The molecule has 5 nitrogen and oxygen atoms in total. The van der Waals surface area contributed by atoms with E-state index in [0.29, 0.717) is 11.5 Å². The Labute approximate surface area is 179 Å². The van der Waals surface area contributed by atoms with Crippen LogP contribution in [0.2, 0.25) is 0 Å². The molecule has 4 aromatic rings. The first kappa shape index (κ1) is 19.7. The number of thiazole rings is 1. The van der Waals surface area contributed by atoms with Gasteiger partial charge in [0.05, 0.1) is 26.1 Å². The Hall–Kier alpha value is -3.64. The molecule has 1 N–H and O–H groups in total. The largest absolute Gasteiger partial charge is 0.493 e. The Morgan fingerprint density at radius 2 is 1.53 bits per heavy atom. The van der Waals surface area contributed by atoms with Crippen molar-refractivity contribution in [3.05, 3.63) is 83.7 Å². The first-order chi connectivity index (χ1) is 14.8. The summed E-state index contributed by atoms with van der Waals surface area (Å²) in [6.07, 6.45) is 1.72. The van der Waals surface area contributed by atoms with Crippen molar-refractivity contribution in [1.82, 2.24) is 4.98 Å². The van der Waals surface area contributed by atoms with Gasteiger partial charge in [0, 0.05) is 10.9 Å². The Bertz CT molecular complexity index is 1140. The average molecular weight is 416 g/mol. The van der Waals surface area contributed by atoms with Crippen LogP contribution in [0.3, 0.4) is 0 Å². The number of aromatic nitrogens is 1. The lowest BCUT2D eigenvalue weighted by molar-refractivity contribution is 0.355. The molecule has 6 heteroatoms. The third-order valence-corrected chi connectivity index (χ3v) is 5.32. The molecule has 0 radical (unpaired) electrons. The van der Waals surface area contributed by atoms with Crippen molar-refractivity contribution in [3.63, 3.8) is 0 Å². The topological polar surface area (TPSA) is 55.7 Å². The molecule has 1 heterocycles. The van der Waals surface area contributed by atoms with Crippen LogP contribution in [0, 0.1) is 0 Å². The molecule has 0 atom stereocenters. The molecule has 1 aromatic heterocycles. The summed E-state index contributed by atoms with van der Waals surface area (Å²) in [6.45, 7) is 0. The summed E-state index contributed by atoms with van der Waals surface area (Å²) in [4.78, 5) is 4.62. The van der Waals surface area contributed by atoms with Crippen LogP contribution in [0.15, 0.2) is 83.3 Å². The number of nitrogens with one attached hydrogen (secondary N) is 1. The van der Waals surface area contributed by atoms with Gasteiger partial charge in [0.1, 0.15) is 0 Å². The summed E-state index contributed by atoms with van der Waals surface area (Å²) >= 11 is 1.51. The summed E-state index contributed by atoms with van der Waals surface area (Å²) in [5.74, 6) is 1.35. The summed E-state index contributed by atoms with van der Waals surface area (Å²) in [7, 11) is 3.23. The first-order valence-corrected chi connectivity index (χ1v) is 10.3. The lowest BCUT2D eigenvalue weighted by Gasteiger charge is -2.07. The minimum absolute atomic E-state index is 0.664. The maximum absolute atomic E-state index is 5.31. The molecule has 150 valence electrons. The Kier molecular flexibility index (Phi) is 6.06. The second-order valence-electron chi connectivity index (χ2n) is 6.47. The highest BCUT2D eigenvalue weighted by atomic mass is 32.1. The molecule has 0 saturated carbocycles. The fraction of sp³-hybridized carbons (Fsp3) is 0.0833. The van der Waals surface area contributed by atoms with E-state index in [1.54, 1.807) is 20.4 Å². The normalized spacial score (nSPS) is 10.9. The number of hydrazone groups is 1. The van der Waals surface area contributed by atoms with Gasteiger partial charge >= 0.3 is 0 Å². The lowest BCUT2D eigenvalue weighted by atomic mass is 10.0. The van der Waals surface area contributed by atoms with Crippen LogP contribution >= 0.6 is 11.3 Å². The molecular weight excluding hydrogens is 394 g/mol. The van der Waals surface area contributed by atoms with Crippen LogP contribution in [0.1, 0.15) is 5.56 Å². The Balaban J connectivity index is 1.42. The molecule has 0 bridgehead atoms. The number of hydrogen-bond donors (Lipinski definition) is 1. The van der Waals surface area contributed by atoms with Gasteiger partial charge in [-0.2, -0.15) is 5.10 Å². The van der Waals surface area contributed by atoms with Gasteiger partial charge < -0.3 is 9.47 Å². The van der Waals surface area contributed by atoms with E-state index in [0.717, 1.165) is 22.0 Å². The highest BCUT2D eigenvalue weighted by molar-refractivity contribution is 7.14. The molecule has 0 unspecified atom stereocenters. The smallest absolute Gasteiger partial charge is 0.203 e. The zero-order chi connectivity index (χ0) is 20.8. The van der Waals surface area contributed by atoms with Crippen molar-refractivity contribution in [1.29, 1.82) is 0 Å². The van der Waals surface area contributed by atoms with Crippen molar-refractivity contribution in [2.24, 2.45) is 5.10 Å². The van der Waals surface area contributed by atoms with E-state index >= 15 is 0 Å². The van der Waals surface area contributed by atoms with Gasteiger partial charge in [-0.25, -0.2) is 4.98 Å². The van der Waals surface area contributed by atoms with Crippen LogP contribution in [-0.2, 0) is 0 Å². The minimum Gasteiger partial charge on any atom is -0.493 e.